The van der Waals surface area contributed by atoms with Gasteiger partial charge in [0, 0.05) is 0 Å². The molecule has 1 heterocycles. The Morgan fingerprint density at radius 1 is 1.00 bits per heavy atom. The highest BCUT2D eigenvalue weighted by molar-refractivity contribution is 5.96. The van der Waals surface area contributed by atoms with E-state index in [0.717, 1.165) is 25.2 Å². The minimum Gasteiger partial charge on any atom is -0.481 e. The second-order valence-electron chi connectivity index (χ2n) is 12.0. The van der Waals surface area contributed by atoms with Crippen molar-refractivity contribution in [2.24, 2.45) is 71.0 Å². The largest absolute Gasteiger partial charge is 0.481 e. The van der Waals surface area contributed by atoms with Crippen LogP contribution in [0.3, 0.4) is 0 Å². The predicted molar refractivity (Wildman–Crippen MR) is 122 cm³/mol. The Morgan fingerprint density at radius 2 is 1.66 bits per heavy atom. The lowest BCUT2D eigenvalue weighted by atomic mass is 9.63. The summed E-state index contributed by atoms with van der Waals surface area (Å²) >= 11 is 0. The summed E-state index contributed by atoms with van der Waals surface area (Å²) in [5, 5.41) is 9.85. The molecule has 5 rings (SSSR count). The van der Waals surface area contributed by atoms with Gasteiger partial charge < -0.3 is 19.3 Å². The van der Waals surface area contributed by atoms with Crippen molar-refractivity contribution in [1.82, 2.24) is 0 Å². The van der Waals surface area contributed by atoms with Crippen molar-refractivity contribution in [3.05, 3.63) is 0 Å². The molecule has 5 fully saturated rings. The van der Waals surface area contributed by atoms with Gasteiger partial charge in [0.05, 0.1) is 30.3 Å². The summed E-state index contributed by atoms with van der Waals surface area (Å²) < 4.78 is 16.3. The molecule has 4 bridgehead atoms. The van der Waals surface area contributed by atoms with Gasteiger partial charge in [-0.05, 0) is 85.9 Å². The van der Waals surface area contributed by atoms with Crippen LogP contribution in [0.4, 0.5) is 0 Å². The first-order chi connectivity index (χ1) is 16.7. The Bertz CT molecular complexity index is 882. The van der Waals surface area contributed by atoms with Crippen molar-refractivity contribution in [2.45, 2.75) is 59.3 Å². The summed E-state index contributed by atoms with van der Waals surface area (Å²) in [5.41, 5.74) is 0. The Kier molecular flexibility index (Phi) is 6.70. The quantitative estimate of drug-likeness (QED) is 0.226. The van der Waals surface area contributed by atoms with E-state index in [9.17, 15) is 24.3 Å². The van der Waals surface area contributed by atoms with E-state index in [1.54, 1.807) is 6.92 Å². The fourth-order valence-electron chi connectivity index (χ4n) is 8.76. The molecule has 0 radical (unpaired) electrons. The smallest absolute Gasteiger partial charge is 0.317 e. The second-order valence-corrected chi connectivity index (χ2v) is 12.0. The Morgan fingerprint density at radius 3 is 2.29 bits per heavy atom. The molecule has 1 N–H and O–H groups in total. The molecule has 194 valence electrons. The van der Waals surface area contributed by atoms with Crippen molar-refractivity contribution >= 4 is 23.9 Å². The summed E-state index contributed by atoms with van der Waals surface area (Å²) in [6.07, 6.45) is 6.47. The number of ether oxygens (including phenoxy) is 3. The van der Waals surface area contributed by atoms with Crippen molar-refractivity contribution in [3.8, 4) is 0 Å². The van der Waals surface area contributed by atoms with Crippen LogP contribution < -0.4 is 0 Å². The Hall–Kier alpha value is -1.96. The molecule has 12 unspecified atom stereocenters. The maximum atomic E-state index is 13.4. The molecule has 0 aromatic rings. The van der Waals surface area contributed by atoms with Crippen LogP contribution in [-0.2, 0) is 33.4 Å². The number of esters is 3. The SMILES string of the molecule is CC(C(=O)O)C(C(=O)OCOCC1C2CCC(C2)C1C)C1C2CCC(C2)C1C1C(=O)OC(=O)C1C. The summed E-state index contributed by atoms with van der Waals surface area (Å²) in [4.78, 5) is 50.2. The van der Waals surface area contributed by atoms with Gasteiger partial charge in [-0.3, -0.25) is 19.2 Å². The van der Waals surface area contributed by atoms with Crippen molar-refractivity contribution in [2.75, 3.05) is 13.4 Å². The molecule has 8 heteroatoms. The van der Waals surface area contributed by atoms with Crippen molar-refractivity contribution < 1.29 is 38.5 Å². The van der Waals surface area contributed by atoms with E-state index in [-0.39, 0.29) is 30.5 Å². The molecule has 12 atom stereocenters. The highest BCUT2D eigenvalue weighted by atomic mass is 16.7. The fourth-order valence-corrected chi connectivity index (χ4v) is 8.76. The highest BCUT2D eigenvalue weighted by Gasteiger charge is 2.61. The normalized spacial score (nSPS) is 43.4. The number of carbonyl (C=O) groups is 4. The minimum absolute atomic E-state index is 0.135. The van der Waals surface area contributed by atoms with Gasteiger partial charge in [0.25, 0.3) is 0 Å². The molecule has 35 heavy (non-hydrogen) atoms. The molecular formula is C27H38O8. The van der Waals surface area contributed by atoms with Crippen LogP contribution in [-0.4, -0.2) is 42.4 Å². The zero-order chi connectivity index (χ0) is 25.0. The van der Waals surface area contributed by atoms with Crippen LogP contribution in [0.5, 0.6) is 0 Å². The first-order valence-electron chi connectivity index (χ1n) is 13.4. The van der Waals surface area contributed by atoms with Gasteiger partial charge in [-0.1, -0.05) is 20.8 Å². The monoisotopic (exact) mass is 490 g/mol. The van der Waals surface area contributed by atoms with Gasteiger partial charge in [0.15, 0.2) is 6.79 Å². The Balaban J connectivity index is 1.28. The van der Waals surface area contributed by atoms with Crippen LogP contribution in [0.2, 0.25) is 0 Å². The average molecular weight is 491 g/mol. The first kappa shape index (κ1) is 24.7. The summed E-state index contributed by atoms with van der Waals surface area (Å²) in [5.74, 6) is -3.47. The molecule has 0 aromatic carbocycles. The lowest BCUT2D eigenvalue weighted by molar-refractivity contribution is -0.174. The predicted octanol–water partition coefficient (Wildman–Crippen LogP) is 3.52. The van der Waals surface area contributed by atoms with Crippen molar-refractivity contribution in [3.63, 3.8) is 0 Å². The highest BCUT2D eigenvalue weighted by Crippen LogP contribution is 2.60. The number of aliphatic carboxylic acids is 1. The fraction of sp³-hybridized carbons (Fsp3) is 0.852. The molecule has 4 saturated carbocycles. The molecule has 8 nitrogen and oxygen atoms in total. The molecular weight excluding hydrogens is 452 g/mol. The minimum atomic E-state index is -1.07. The van der Waals surface area contributed by atoms with Crippen molar-refractivity contribution in [1.29, 1.82) is 0 Å². The lowest BCUT2D eigenvalue weighted by Gasteiger charge is -2.39. The maximum absolute atomic E-state index is 13.4. The number of carboxylic acids is 1. The van der Waals surface area contributed by atoms with E-state index < -0.39 is 47.5 Å². The zero-order valence-corrected chi connectivity index (χ0v) is 20.9. The molecule has 1 saturated heterocycles. The number of hydrogen-bond donors (Lipinski definition) is 1. The summed E-state index contributed by atoms with van der Waals surface area (Å²) in [6, 6.07) is 0. The van der Waals surface area contributed by atoms with Gasteiger partial charge >= 0.3 is 23.9 Å². The maximum Gasteiger partial charge on any atom is 0.317 e. The third kappa shape index (κ3) is 4.19. The van der Waals surface area contributed by atoms with Crippen LogP contribution in [0.25, 0.3) is 0 Å². The third-order valence-electron chi connectivity index (χ3n) is 10.6. The summed E-state index contributed by atoms with van der Waals surface area (Å²) in [6.45, 7) is 5.88. The van der Waals surface area contributed by atoms with Gasteiger partial charge in [0.2, 0.25) is 0 Å². The molecule has 0 aromatic heterocycles. The van der Waals surface area contributed by atoms with E-state index in [0.29, 0.717) is 24.4 Å². The number of carboxylic acid groups (broad SMARTS) is 1. The van der Waals surface area contributed by atoms with Crippen LogP contribution in [0, 0.1) is 71.0 Å². The van der Waals surface area contributed by atoms with Gasteiger partial charge in [-0.15, -0.1) is 0 Å². The lowest BCUT2D eigenvalue weighted by Crippen LogP contribution is -2.45. The second kappa shape index (κ2) is 9.49. The first-order valence-corrected chi connectivity index (χ1v) is 13.4. The number of cyclic esters (lactones) is 2. The van der Waals surface area contributed by atoms with Gasteiger partial charge in [0.1, 0.15) is 0 Å². The third-order valence-corrected chi connectivity index (χ3v) is 10.6. The van der Waals surface area contributed by atoms with E-state index >= 15 is 0 Å². The van der Waals surface area contributed by atoms with Crippen LogP contribution in [0.1, 0.15) is 59.3 Å². The molecule has 1 aliphatic heterocycles. The van der Waals surface area contributed by atoms with E-state index in [1.807, 2.05) is 0 Å². The van der Waals surface area contributed by atoms with E-state index in [1.165, 1.54) is 26.2 Å². The number of rotatable bonds is 9. The Labute approximate surface area is 206 Å². The van der Waals surface area contributed by atoms with Gasteiger partial charge in [-0.2, -0.15) is 0 Å². The van der Waals surface area contributed by atoms with E-state index in [2.05, 4.69) is 6.92 Å². The number of fused-ring (bicyclic) bond motifs is 4. The number of hydrogen-bond acceptors (Lipinski definition) is 7. The zero-order valence-electron chi connectivity index (χ0n) is 20.9. The van der Waals surface area contributed by atoms with Crippen LogP contribution in [0.15, 0.2) is 0 Å². The molecule has 0 spiro atoms. The summed E-state index contributed by atoms with van der Waals surface area (Å²) in [7, 11) is 0. The molecule has 0 amide bonds. The van der Waals surface area contributed by atoms with E-state index in [4.69, 9.17) is 14.2 Å². The number of carbonyl (C=O) groups excluding carboxylic acids is 3. The molecule has 4 aliphatic carbocycles. The van der Waals surface area contributed by atoms with Crippen LogP contribution >= 0.6 is 0 Å². The van der Waals surface area contributed by atoms with Gasteiger partial charge in [-0.25, -0.2) is 0 Å². The topological polar surface area (TPSA) is 116 Å². The average Bonchev–Trinajstić information content (AvgIpc) is 3.62. The molecule has 5 aliphatic rings. The standard InChI is InChI=1S/C27H38O8/c1-12-15-4-5-16(8-15)19(12)10-33-11-34-26(31)20(13(2)24(28)29)22-17-6-7-18(9-17)23(22)21-14(3)25(30)35-27(21)32/h12-23H,4-11H2,1-3H3,(H,28,29).